The van der Waals surface area contributed by atoms with Gasteiger partial charge in [0.05, 0.1) is 18.0 Å². The van der Waals surface area contributed by atoms with Crippen LogP contribution in [0.5, 0.6) is 0 Å². The molecular formula is C25H29F2N3O4S. The van der Waals surface area contributed by atoms with E-state index in [1.807, 2.05) is 11.0 Å². The van der Waals surface area contributed by atoms with Crippen molar-refractivity contribution >= 4 is 34.4 Å². The zero-order chi connectivity index (χ0) is 24.9. The summed E-state index contributed by atoms with van der Waals surface area (Å²) in [6.07, 6.45) is 5.06. The van der Waals surface area contributed by atoms with E-state index in [1.54, 1.807) is 12.3 Å². The predicted octanol–water partition coefficient (Wildman–Crippen LogP) is 6.16. The highest BCUT2D eigenvalue weighted by molar-refractivity contribution is 7.12. The average Bonchev–Trinajstić information content (AvgIpc) is 3.43. The van der Waals surface area contributed by atoms with E-state index in [2.05, 4.69) is 15.6 Å². The standard InChI is InChI=1S/C24H27F2N3OS.CH2O3/c25-23(26)21-9-8-17(31-21)14-29-20-15-28(22(30)13-16-5-2-1-3-6-16)12-10-18(20)19-7-4-11-27-24(19)29;2-1(3)4/h4,7-9,11,16,23H,1-3,5-6,10,12-15H2;(H2,2,3,4). The molecule has 1 saturated carbocycles. The molecule has 1 amide bonds. The van der Waals surface area contributed by atoms with E-state index in [-0.39, 0.29) is 10.8 Å². The van der Waals surface area contributed by atoms with Crippen LogP contribution in [0.3, 0.4) is 0 Å². The summed E-state index contributed by atoms with van der Waals surface area (Å²) in [6.45, 7) is 1.82. The molecule has 1 aliphatic heterocycles. The molecule has 1 fully saturated rings. The number of carbonyl (C=O) groups excluding carboxylic acids is 1. The molecule has 0 unspecified atom stereocenters. The Bertz CT molecular complexity index is 1180. The van der Waals surface area contributed by atoms with Crippen molar-refractivity contribution in [1.82, 2.24) is 14.5 Å². The van der Waals surface area contributed by atoms with Crippen molar-refractivity contribution in [3.8, 4) is 0 Å². The number of nitrogens with zero attached hydrogens (tertiary/aromatic N) is 3. The van der Waals surface area contributed by atoms with Crippen LogP contribution in [0.25, 0.3) is 11.0 Å². The molecule has 10 heteroatoms. The quantitative estimate of drug-likeness (QED) is 0.433. The Labute approximate surface area is 206 Å². The SMILES string of the molecule is O=C(CC1CCCCC1)N1CCc2c(n(Cc3ccc(C(F)F)s3)c3ncccc23)C1.O=C(O)O. The maximum atomic E-state index is 13.1. The number of aromatic nitrogens is 2. The maximum Gasteiger partial charge on any atom is 0.503 e. The summed E-state index contributed by atoms with van der Waals surface area (Å²) >= 11 is 1.15. The molecule has 4 heterocycles. The molecule has 35 heavy (non-hydrogen) atoms. The van der Waals surface area contributed by atoms with E-state index >= 15 is 0 Å². The number of rotatable bonds is 5. The number of thiophene rings is 1. The Morgan fingerprint density at radius 3 is 2.57 bits per heavy atom. The van der Waals surface area contributed by atoms with Crippen molar-refractivity contribution in [1.29, 1.82) is 0 Å². The summed E-state index contributed by atoms with van der Waals surface area (Å²) in [5, 5.41) is 15.1. The van der Waals surface area contributed by atoms with Gasteiger partial charge >= 0.3 is 6.16 Å². The Morgan fingerprint density at radius 1 is 1.14 bits per heavy atom. The molecule has 2 N–H and O–H groups in total. The second kappa shape index (κ2) is 11.2. The second-order valence-electron chi connectivity index (χ2n) is 9.05. The summed E-state index contributed by atoms with van der Waals surface area (Å²) in [5.74, 6) is 0.771. The molecule has 3 aromatic rings. The lowest BCUT2D eigenvalue weighted by atomic mass is 9.86. The van der Waals surface area contributed by atoms with Crippen molar-refractivity contribution in [3.05, 3.63) is 51.5 Å². The van der Waals surface area contributed by atoms with E-state index in [0.717, 1.165) is 45.9 Å². The number of alkyl halides is 2. The van der Waals surface area contributed by atoms with E-state index in [0.29, 0.717) is 25.4 Å². The van der Waals surface area contributed by atoms with Gasteiger partial charge in [0, 0.05) is 35.1 Å². The number of amides is 1. The summed E-state index contributed by atoms with van der Waals surface area (Å²) in [7, 11) is 0. The van der Waals surface area contributed by atoms with Gasteiger partial charge in [-0.15, -0.1) is 11.3 Å². The number of halogens is 2. The van der Waals surface area contributed by atoms with Crippen molar-refractivity contribution in [3.63, 3.8) is 0 Å². The summed E-state index contributed by atoms with van der Waals surface area (Å²) < 4.78 is 28.3. The summed E-state index contributed by atoms with van der Waals surface area (Å²) in [5.41, 5.74) is 3.22. The third-order valence-corrected chi connectivity index (χ3v) is 7.84. The fraction of sp³-hybridized carbons (Fsp3) is 0.480. The van der Waals surface area contributed by atoms with Crippen LogP contribution in [-0.4, -0.2) is 43.3 Å². The Balaban J connectivity index is 0.000000672. The first-order valence-corrected chi connectivity index (χ1v) is 12.7. The average molecular weight is 506 g/mol. The minimum Gasteiger partial charge on any atom is -0.450 e. The second-order valence-corrected chi connectivity index (χ2v) is 10.2. The summed E-state index contributed by atoms with van der Waals surface area (Å²) in [4.78, 5) is 29.2. The molecule has 0 saturated heterocycles. The van der Waals surface area contributed by atoms with Gasteiger partial charge in [0.15, 0.2) is 0 Å². The van der Waals surface area contributed by atoms with Crippen molar-refractivity contribution in [2.45, 2.75) is 64.5 Å². The predicted molar refractivity (Wildman–Crippen MR) is 129 cm³/mol. The number of carbonyl (C=O) groups is 2. The van der Waals surface area contributed by atoms with Gasteiger partial charge < -0.3 is 19.7 Å². The fourth-order valence-corrected chi connectivity index (χ4v) is 6.02. The van der Waals surface area contributed by atoms with Crippen LogP contribution in [-0.2, 0) is 24.3 Å². The minimum absolute atomic E-state index is 0.0950. The van der Waals surface area contributed by atoms with Crippen molar-refractivity contribution in [2.75, 3.05) is 6.54 Å². The number of carboxylic acid groups (broad SMARTS) is 2. The van der Waals surface area contributed by atoms with Gasteiger partial charge in [-0.2, -0.15) is 0 Å². The van der Waals surface area contributed by atoms with E-state index in [9.17, 15) is 13.6 Å². The van der Waals surface area contributed by atoms with Crippen LogP contribution < -0.4 is 0 Å². The first-order valence-electron chi connectivity index (χ1n) is 11.8. The first kappa shape index (κ1) is 25.1. The minimum atomic E-state index is -2.44. The van der Waals surface area contributed by atoms with Gasteiger partial charge in [-0.3, -0.25) is 4.79 Å². The molecule has 1 aliphatic carbocycles. The van der Waals surface area contributed by atoms with Crippen LogP contribution in [0.2, 0.25) is 0 Å². The molecule has 0 radical (unpaired) electrons. The highest BCUT2D eigenvalue weighted by Gasteiger charge is 2.29. The van der Waals surface area contributed by atoms with Crippen LogP contribution in [0.15, 0.2) is 30.5 Å². The van der Waals surface area contributed by atoms with Gasteiger partial charge in [-0.05, 0) is 55.0 Å². The number of hydrogen-bond acceptors (Lipinski definition) is 4. The first-order chi connectivity index (χ1) is 16.8. The topological polar surface area (TPSA) is 95.7 Å². The van der Waals surface area contributed by atoms with Crippen LogP contribution >= 0.6 is 11.3 Å². The fourth-order valence-electron chi connectivity index (χ4n) is 5.16. The smallest absolute Gasteiger partial charge is 0.450 e. The molecule has 5 rings (SSSR count). The highest BCUT2D eigenvalue weighted by atomic mass is 32.1. The van der Waals surface area contributed by atoms with Crippen LogP contribution in [0.1, 0.15) is 66.0 Å². The third kappa shape index (κ3) is 5.98. The van der Waals surface area contributed by atoms with Gasteiger partial charge in [-0.1, -0.05) is 19.3 Å². The van der Waals surface area contributed by atoms with Gasteiger partial charge in [0.1, 0.15) is 5.65 Å². The molecule has 0 atom stereocenters. The van der Waals surface area contributed by atoms with Gasteiger partial charge in [0.25, 0.3) is 6.43 Å². The normalized spacial score (nSPS) is 16.1. The van der Waals surface area contributed by atoms with E-state index in [4.69, 9.17) is 15.0 Å². The highest BCUT2D eigenvalue weighted by Crippen LogP contribution is 2.34. The lowest BCUT2D eigenvalue weighted by Gasteiger charge is -2.30. The van der Waals surface area contributed by atoms with Crippen LogP contribution in [0.4, 0.5) is 13.6 Å². The summed E-state index contributed by atoms with van der Waals surface area (Å²) in [6, 6.07) is 7.31. The maximum absolute atomic E-state index is 13.1. The molecule has 7 nitrogen and oxygen atoms in total. The molecule has 0 spiro atoms. The van der Waals surface area contributed by atoms with Crippen molar-refractivity contribution < 1.29 is 28.6 Å². The third-order valence-electron chi connectivity index (χ3n) is 6.77. The molecule has 3 aromatic heterocycles. The Kier molecular flexibility index (Phi) is 8.00. The largest absolute Gasteiger partial charge is 0.503 e. The lowest BCUT2D eigenvalue weighted by Crippen LogP contribution is -2.37. The molecule has 2 aliphatic rings. The Morgan fingerprint density at radius 2 is 1.89 bits per heavy atom. The number of pyridine rings is 1. The zero-order valence-electron chi connectivity index (χ0n) is 19.3. The van der Waals surface area contributed by atoms with Crippen LogP contribution in [0, 0.1) is 5.92 Å². The molecular weight excluding hydrogens is 476 g/mol. The molecule has 0 bridgehead atoms. The van der Waals surface area contributed by atoms with E-state index in [1.165, 1.54) is 43.7 Å². The monoisotopic (exact) mass is 505 g/mol. The number of fused-ring (bicyclic) bond motifs is 3. The molecule has 188 valence electrons. The van der Waals surface area contributed by atoms with Gasteiger partial charge in [0.2, 0.25) is 5.91 Å². The molecule has 0 aromatic carbocycles. The van der Waals surface area contributed by atoms with Gasteiger partial charge in [-0.25, -0.2) is 18.6 Å². The Hall–Kier alpha value is -3.01. The lowest BCUT2D eigenvalue weighted by molar-refractivity contribution is -0.133. The van der Waals surface area contributed by atoms with Crippen molar-refractivity contribution in [2.24, 2.45) is 5.92 Å². The zero-order valence-corrected chi connectivity index (χ0v) is 20.1. The van der Waals surface area contributed by atoms with E-state index < -0.39 is 12.6 Å². The number of hydrogen-bond donors (Lipinski definition) is 2.